The van der Waals surface area contributed by atoms with Gasteiger partial charge in [-0.05, 0) is 40.0 Å². The van der Waals surface area contributed by atoms with Gasteiger partial charge in [0, 0.05) is 17.8 Å². The minimum Gasteiger partial charge on any atom is -0.309 e. The Hall–Kier alpha value is -0.0900. The summed E-state index contributed by atoms with van der Waals surface area (Å²) >= 11 is 0. The van der Waals surface area contributed by atoms with Crippen LogP contribution in [0.3, 0.4) is 0 Å². The van der Waals surface area contributed by atoms with Gasteiger partial charge in [0.25, 0.3) is 0 Å². The lowest BCUT2D eigenvalue weighted by Gasteiger charge is -2.25. The number of hydrogen-bond donors (Lipinski definition) is 1. The maximum Gasteiger partial charge on any atom is 0.150 e. The van der Waals surface area contributed by atoms with Gasteiger partial charge in [0.1, 0.15) is 9.84 Å². The molecule has 4 heteroatoms. The Kier molecular flexibility index (Phi) is 3.26. The van der Waals surface area contributed by atoms with E-state index in [9.17, 15) is 8.42 Å². The van der Waals surface area contributed by atoms with Crippen molar-refractivity contribution >= 4 is 9.84 Å². The van der Waals surface area contributed by atoms with Crippen LogP contribution in [0.4, 0.5) is 0 Å². The van der Waals surface area contributed by atoms with Crippen molar-refractivity contribution in [3.05, 3.63) is 0 Å². The molecule has 0 aromatic heterocycles. The third-order valence-electron chi connectivity index (χ3n) is 2.63. The maximum absolute atomic E-state index is 11.3. The van der Waals surface area contributed by atoms with Crippen LogP contribution in [0, 0.1) is 0 Å². The van der Waals surface area contributed by atoms with E-state index >= 15 is 0 Å². The summed E-state index contributed by atoms with van der Waals surface area (Å²) in [5.41, 5.74) is 0.0804. The van der Waals surface area contributed by atoms with Gasteiger partial charge in [0.15, 0.2) is 0 Å². The Balaban J connectivity index is 2.51. The molecule has 1 rings (SSSR count). The van der Waals surface area contributed by atoms with Crippen molar-refractivity contribution in [2.45, 2.75) is 56.9 Å². The molecule has 0 aromatic carbocycles. The second-order valence-corrected chi connectivity index (χ2v) is 7.68. The maximum atomic E-state index is 11.3. The Labute approximate surface area is 87.2 Å². The molecule has 0 radical (unpaired) electrons. The van der Waals surface area contributed by atoms with Gasteiger partial charge in [-0.1, -0.05) is 0 Å². The summed E-state index contributed by atoms with van der Waals surface area (Å²) in [6.07, 6.45) is 3.91. The van der Waals surface area contributed by atoms with Gasteiger partial charge in [-0.25, -0.2) is 8.42 Å². The highest BCUT2D eigenvalue weighted by Gasteiger charge is 2.32. The standard InChI is InChI=1S/C10H21NO2S/c1-10(2,3)11-8-5-6-9(7-8)14(4,12)13/h8-9,11H,5-7H2,1-4H3. The fraction of sp³-hybridized carbons (Fsp3) is 1.00. The van der Waals surface area contributed by atoms with Gasteiger partial charge in [-0.15, -0.1) is 0 Å². The van der Waals surface area contributed by atoms with Gasteiger partial charge in [0.05, 0.1) is 5.25 Å². The van der Waals surface area contributed by atoms with Crippen LogP contribution in [0.1, 0.15) is 40.0 Å². The van der Waals surface area contributed by atoms with Gasteiger partial charge in [-0.3, -0.25) is 0 Å². The molecule has 0 bridgehead atoms. The Bertz CT molecular complexity index is 290. The molecular formula is C10H21NO2S. The SMILES string of the molecule is CC(C)(C)NC1CCC(S(C)(=O)=O)C1. The molecule has 1 aliphatic rings. The monoisotopic (exact) mass is 219 g/mol. The Morgan fingerprint density at radius 3 is 2.14 bits per heavy atom. The van der Waals surface area contributed by atoms with E-state index in [1.54, 1.807) is 0 Å². The zero-order valence-corrected chi connectivity index (χ0v) is 10.3. The first-order valence-electron chi connectivity index (χ1n) is 5.15. The van der Waals surface area contributed by atoms with Crippen molar-refractivity contribution in [1.29, 1.82) is 0 Å². The zero-order chi connectivity index (χ0) is 11.0. The molecule has 14 heavy (non-hydrogen) atoms. The molecule has 0 aromatic rings. The van der Waals surface area contributed by atoms with Gasteiger partial charge in [-0.2, -0.15) is 0 Å². The Morgan fingerprint density at radius 1 is 1.21 bits per heavy atom. The van der Waals surface area contributed by atoms with Crippen LogP contribution in [0.25, 0.3) is 0 Å². The molecule has 0 aliphatic heterocycles. The lowest BCUT2D eigenvalue weighted by Crippen LogP contribution is -2.42. The van der Waals surface area contributed by atoms with Crippen LogP contribution in [-0.4, -0.2) is 31.5 Å². The van der Waals surface area contributed by atoms with Crippen molar-refractivity contribution in [1.82, 2.24) is 5.32 Å². The first kappa shape index (κ1) is 12.0. The summed E-state index contributed by atoms with van der Waals surface area (Å²) in [6.45, 7) is 6.34. The van der Waals surface area contributed by atoms with E-state index < -0.39 is 9.84 Å². The number of hydrogen-bond acceptors (Lipinski definition) is 3. The molecule has 0 saturated heterocycles. The number of sulfone groups is 1. The summed E-state index contributed by atoms with van der Waals surface area (Å²) in [4.78, 5) is 0. The van der Waals surface area contributed by atoms with Crippen LogP contribution < -0.4 is 5.32 Å². The molecule has 2 atom stereocenters. The molecule has 1 N–H and O–H groups in total. The summed E-state index contributed by atoms with van der Waals surface area (Å²) < 4.78 is 22.6. The number of rotatable bonds is 2. The van der Waals surface area contributed by atoms with Crippen LogP contribution in [0.2, 0.25) is 0 Å². The smallest absolute Gasteiger partial charge is 0.150 e. The van der Waals surface area contributed by atoms with E-state index in [1.165, 1.54) is 6.26 Å². The Morgan fingerprint density at radius 2 is 1.79 bits per heavy atom. The first-order valence-corrected chi connectivity index (χ1v) is 7.10. The molecule has 1 aliphatic carbocycles. The number of nitrogens with one attached hydrogen (secondary N) is 1. The third-order valence-corrected chi connectivity index (χ3v) is 4.27. The molecule has 84 valence electrons. The third kappa shape index (κ3) is 3.58. The van der Waals surface area contributed by atoms with Crippen LogP contribution in [0.15, 0.2) is 0 Å². The van der Waals surface area contributed by atoms with E-state index in [-0.39, 0.29) is 10.8 Å². The quantitative estimate of drug-likeness (QED) is 0.762. The van der Waals surface area contributed by atoms with E-state index in [4.69, 9.17) is 0 Å². The fourth-order valence-corrected chi connectivity index (χ4v) is 3.22. The normalized spacial score (nSPS) is 29.4. The highest BCUT2D eigenvalue weighted by molar-refractivity contribution is 7.91. The molecule has 1 saturated carbocycles. The molecule has 3 nitrogen and oxygen atoms in total. The van der Waals surface area contributed by atoms with E-state index in [1.807, 2.05) is 0 Å². The van der Waals surface area contributed by atoms with Crippen molar-refractivity contribution in [3.63, 3.8) is 0 Å². The van der Waals surface area contributed by atoms with Gasteiger partial charge < -0.3 is 5.32 Å². The van der Waals surface area contributed by atoms with Crippen molar-refractivity contribution in [2.24, 2.45) is 0 Å². The summed E-state index contributed by atoms with van der Waals surface area (Å²) in [5, 5.41) is 3.33. The lowest BCUT2D eigenvalue weighted by atomic mass is 10.1. The molecule has 2 unspecified atom stereocenters. The lowest BCUT2D eigenvalue weighted by molar-refractivity contribution is 0.361. The predicted molar refractivity (Wildman–Crippen MR) is 59.2 cm³/mol. The van der Waals surface area contributed by atoms with Crippen molar-refractivity contribution in [2.75, 3.05) is 6.26 Å². The molecule has 0 amide bonds. The highest BCUT2D eigenvalue weighted by Crippen LogP contribution is 2.26. The van der Waals surface area contributed by atoms with Crippen molar-refractivity contribution < 1.29 is 8.42 Å². The van der Waals surface area contributed by atoms with Crippen LogP contribution in [-0.2, 0) is 9.84 Å². The highest BCUT2D eigenvalue weighted by atomic mass is 32.2. The van der Waals surface area contributed by atoms with E-state index in [2.05, 4.69) is 26.1 Å². The molecule has 1 fully saturated rings. The average Bonchev–Trinajstić information content (AvgIpc) is 2.29. The average molecular weight is 219 g/mol. The summed E-state index contributed by atoms with van der Waals surface area (Å²) in [6, 6.07) is 0.370. The van der Waals surface area contributed by atoms with Crippen LogP contribution >= 0.6 is 0 Å². The summed E-state index contributed by atoms with van der Waals surface area (Å²) in [7, 11) is -2.83. The van der Waals surface area contributed by atoms with Gasteiger partial charge >= 0.3 is 0 Å². The molecular weight excluding hydrogens is 198 g/mol. The largest absolute Gasteiger partial charge is 0.309 e. The van der Waals surface area contributed by atoms with E-state index in [0.717, 1.165) is 19.3 Å². The predicted octanol–water partition coefficient (Wildman–Crippen LogP) is 1.34. The van der Waals surface area contributed by atoms with Gasteiger partial charge in [0.2, 0.25) is 0 Å². The molecule has 0 spiro atoms. The molecule has 0 heterocycles. The minimum atomic E-state index is -2.83. The second-order valence-electron chi connectivity index (χ2n) is 5.36. The summed E-state index contributed by atoms with van der Waals surface area (Å²) in [5.74, 6) is 0. The van der Waals surface area contributed by atoms with Crippen molar-refractivity contribution in [3.8, 4) is 0 Å². The topological polar surface area (TPSA) is 46.2 Å². The minimum absolute atomic E-state index is 0.0804. The fourth-order valence-electron chi connectivity index (χ4n) is 2.07. The first-order chi connectivity index (χ1) is 6.18. The zero-order valence-electron chi connectivity index (χ0n) is 9.50. The van der Waals surface area contributed by atoms with Crippen LogP contribution in [0.5, 0.6) is 0 Å². The van der Waals surface area contributed by atoms with E-state index in [0.29, 0.717) is 6.04 Å². The second kappa shape index (κ2) is 3.81.